The van der Waals surface area contributed by atoms with Gasteiger partial charge in [-0.05, 0) is 6.92 Å². The largest absolute Gasteiger partial charge is 0.390 e. The van der Waals surface area contributed by atoms with E-state index in [1.165, 1.54) is 6.92 Å². The first-order valence-electron chi connectivity index (χ1n) is 3.68. The van der Waals surface area contributed by atoms with Gasteiger partial charge in [-0.3, -0.25) is 4.79 Å². The number of aromatic nitrogens is 1. The quantitative estimate of drug-likeness (QED) is 0.732. The summed E-state index contributed by atoms with van der Waals surface area (Å²) >= 11 is 0. The van der Waals surface area contributed by atoms with Crippen LogP contribution in [0.25, 0.3) is 0 Å². The SMILES string of the molecule is Cc1c(C(F)F)[nH]c(CO)cc1=O. The van der Waals surface area contributed by atoms with Crippen molar-refractivity contribution in [1.29, 1.82) is 0 Å². The van der Waals surface area contributed by atoms with Crippen LogP contribution in [-0.4, -0.2) is 10.1 Å². The van der Waals surface area contributed by atoms with Gasteiger partial charge in [0.2, 0.25) is 0 Å². The minimum Gasteiger partial charge on any atom is -0.390 e. The lowest BCUT2D eigenvalue weighted by atomic mass is 10.2. The zero-order valence-electron chi connectivity index (χ0n) is 6.97. The summed E-state index contributed by atoms with van der Waals surface area (Å²) < 4.78 is 24.5. The molecule has 0 aromatic carbocycles. The maximum Gasteiger partial charge on any atom is 0.278 e. The molecule has 3 nitrogen and oxygen atoms in total. The third-order valence-corrected chi connectivity index (χ3v) is 1.76. The maximum absolute atomic E-state index is 12.3. The Morgan fingerprint density at radius 2 is 2.23 bits per heavy atom. The molecule has 2 N–H and O–H groups in total. The highest BCUT2D eigenvalue weighted by molar-refractivity contribution is 5.22. The predicted molar refractivity (Wildman–Crippen MR) is 42.7 cm³/mol. The number of hydrogen-bond donors (Lipinski definition) is 2. The van der Waals surface area contributed by atoms with E-state index < -0.39 is 24.2 Å². The molecule has 0 aliphatic carbocycles. The normalized spacial score (nSPS) is 10.8. The maximum atomic E-state index is 12.3. The fourth-order valence-electron chi connectivity index (χ4n) is 1.01. The number of aliphatic hydroxyl groups excluding tert-OH is 1. The van der Waals surface area contributed by atoms with Gasteiger partial charge in [-0.15, -0.1) is 0 Å². The second-order valence-electron chi connectivity index (χ2n) is 2.66. The van der Waals surface area contributed by atoms with Crippen molar-refractivity contribution in [2.75, 3.05) is 0 Å². The van der Waals surface area contributed by atoms with E-state index in [-0.39, 0.29) is 11.3 Å². The van der Waals surface area contributed by atoms with Crippen molar-refractivity contribution in [1.82, 2.24) is 4.98 Å². The van der Waals surface area contributed by atoms with Crippen LogP contribution in [0.4, 0.5) is 8.78 Å². The number of rotatable bonds is 2. The van der Waals surface area contributed by atoms with E-state index in [9.17, 15) is 13.6 Å². The van der Waals surface area contributed by atoms with E-state index in [0.29, 0.717) is 0 Å². The summed E-state index contributed by atoms with van der Waals surface area (Å²) in [4.78, 5) is 13.4. The van der Waals surface area contributed by atoms with Crippen LogP contribution in [0.15, 0.2) is 10.9 Å². The third kappa shape index (κ3) is 1.92. The summed E-state index contributed by atoms with van der Waals surface area (Å²) in [5.41, 5.74) is -0.812. The Labute approximate surface area is 73.0 Å². The van der Waals surface area contributed by atoms with Gasteiger partial charge in [-0.1, -0.05) is 0 Å². The first-order valence-corrected chi connectivity index (χ1v) is 3.68. The van der Waals surface area contributed by atoms with E-state index >= 15 is 0 Å². The second kappa shape index (κ2) is 3.66. The lowest BCUT2D eigenvalue weighted by Crippen LogP contribution is -2.12. The fraction of sp³-hybridized carbons (Fsp3) is 0.375. The van der Waals surface area contributed by atoms with Crippen LogP contribution in [-0.2, 0) is 6.61 Å². The van der Waals surface area contributed by atoms with Gasteiger partial charge in [-0.25, -0.2) is 8.78 Å². The first-order chi connectivity index (χ1) is 6.06. The molecule has 1 heterocycles. The summed E-state index contributed by atoms with van der Waals surface area (Å²) in [6.07, 6.45) is -2.72. The molecule has 1 aromatic heterocycles. The Morgan fingerprint density at radius 3 is 2.69 bits per heavy atom. The molecule has 13 heavy (non-hydrogen) atoms. The summed E-state index contributed by atoms with van der Waals surface area (Å²) in [7, 11) is 0. The van der Waals surface area contributed by atoms with Crippen LogP contribution in [0.2, 0.25) is 0 Å². The second-order valence-corrected chi connectivity index (χ2v) is 2.66. The number of hydrogen-bond acceptors (Lipinski definition) is 2. The molecule has 0 amide bonds. The molecule has 0 aliphatic heterocycles. The number of H-pyrrole nitrogens is 1. The Kier molecular flexibility index (Phi) is 2.77. The Morgan fingerprint density at radius 1 is 1.62 bits per heavy atom. The van der Waals surface area contributed by atoms with Gasteiger partial charge >= 0.3 is 0 Å². The zero-order chi connectivity index (χ0) is 10.0. The van der Waals surface area contributed by atoms with Gasteiger partial charge in [0.05, 0.1) is 12.3 Å². The van der Waals surface area contributed by atoms with Crippen molar-refractivity contribution in [3.8, 4) is 0 Å². The molecule has 0 aliphatic rings. The van der Waals surface area contributed by atoms with Crippen LogP contribution in [0.3, 0.4) is 0 Å². The van der Waals surface area contributed by atoms with Crippen molar-refractivity contribution in [2.45, 2.75) is 20.0 Å². The molecule has 1 aromatic rings. The van der Waals surface area contributed by atoms with E-state index in [0.717, 1.165) is 6.07 Å². The molecular formula is C8H9F2NO2. The highest BCUT2D eigenvalue weighted by atomic mass is 19.3. The van der Waals surface area contributed by atoms with Gasteiger partial charge in [0.25, 0.3) is 6.43 Å². The number of pyridine rings is 1. The van der Waals surface area contributed by atoms with Crippen LogP contribution in [0, 0.1) is 6.92 Å². The van der Waals surface area contributed by atoms with Crippen molar-refractivity contribution in [3.05, 3.63) is 33.2 Å². The third-order valence-electron chi connectivity index (χ3n) is 1.76. The molecule has 0 saturated carbocycles. The number of aromatic amines is 1. The fourth-order valence-corrected chi connectivity index (χ4v) is 1.01. The molecule has 0 spiro atoms. The molecule has 0 atom stereocenters. The molecule has 0 radical (unpaired) electrons. The number of nitrogens with one attached hydrogen (secondary N) is 1. The molecule has 0 saturated heterocycles. The summed E-state index contributed by atoms with van der Waals surface area (Å²) in [5, 5.41) is 8.64. The lowest BCUT2D eigenvalue weighted by Gasteiger charge is -2.06. The molecule has 0 fully saturated rings. The zero-order valence-corrected chi connectivity index (χ0v) is 6.97. The van der Waals surface area contributed by atoms with E-state index in [1.54, 1.807) is 0 Å². The molecular weight excluding hydrogens is 180 g/mol. The Bertz CT molecular complexity index is 360. The van der Waals surface area contributed by atoms with Gasteiger partial charge < -0.3 is 10.1 Å². The van der Waals surface area contributed by atoms with Gasteiger partial charge in [-0.2, -0.15) is 0 Å². The van der Waals surface area contributed by atoms with Crippen molar-refractivity contribution < 1.29 is 13.9 Å². The van der Waals surface area contributed by atoms with Crippen molar-refractivity contribution in [2.24, 2.45) is 0 Å². The minimum absolute atomic E-state index is 0.00722. The molecule has 72 valence electrons. The Balaban J connectivity index is 3.33. The molecule has 0 bridgehead atoms. The highest BCUT2D eigenvalue weighted by Gasteiger charge is 2.13. The number of alkyl halides is 2. The number of halogens is 2. The highest BCUT2D eigenvalue weighted by Crippen LogP contribution is 2.18. The number of aliphatic hydroxyl groups is 1. The molecule has 0 unspecified atom stereocenters. The van der Waals surface area contributed by atoms with Crippen LogP contribution in [0.1, 0.15) is 23.4 Å². The summed E-state index contributed by atoms with van der Waals surface area (Å²) in [6, 6.07) is 1.11. The van der Waals surface area contributed by atoms with Crippen LogP contribution >= 0.6 is 0 Å². The van der Waals surface area contributed by atoms with Crippen molar-refractivity contribution >= 4 is 0 Å². The lowest BCUT2D eigenvalue weighted by molar-refractivity contribution is 0.144. The first kappa shape index (κ1) is 9.85. The summed E-state index contributed by atoms with van der Waals surface area (Å²) in [6.45, 7) is 0.872. The minimum atomic E-state index is -2.72. The monoisotopic (exact) mass is 189 g/mol. The van der Waals surface area contributed by atoms with Gasteiger partial charge in [0.1, 0.15) is 0 Å². The average molecular weight is 189 g/mol. The standard InChI is InChI=1S/C8H9F2NO2/c1-4-6(13)2-5(3-12)11-7(4)8(9)10/h2,8,12H,3H2,1H3,(H,11,13). The van der Waals surface area contributed by atoms with Crippen LogP contribution < -0.4 is 5.43 Å². The van der Waals surface area contributed by atoms with Gasteiger partial charge in [0, 0.05) is 17.3 Å². The van der Waals surface area contributed by atoms with E-state index in [4.69, 9.17) is 5.11 Å². The average Bonchev–Trinajstić information content (AvgIpc) is 2.09. The molecule has 1 rings (SSSR count). The Hall–Kier alpha value is -1.23. The van der Waals surface area contributed by atoms with Crippen LogP contribution in [0.5, 0.6) is 0 Å². The van der Waals surface area contributed by atoms with Gasteiger partial charge in [0.15, 0.2) is 5.43 Å². The smallest absolute Gasteiger partial charge is 0.278 e. The molecule has 5 heteroatoms. The predicted octanol–water partition coefficient (Wildman–Crippen LogP) is 1.11. The topological polar surface area (TPSA) is 53.1 Å². The van der Waals surface area contributed by atoms with E-state index in [2.05, 4.69) is 4.98 Å². The van der Waals surface area contributed by atoms with Crippen molar-refractivity contribution in [3.63, 3.8) is 0 Å². The van der Waals surface area contributed by atoms with E-state index in [1.807, 2.05) is 0 Å². The summed E-state index contributed by atoms with van der Waals surface area (Å²) in [5.74, 6) is 0.